The summed E-state index contributed by atoms with van der Waals surface area (Å²) in [6, 6.07) is 0. The second-order valence-corrected chi connectivity index (χ2v) is 4.52. The Kier molecular flexibility index (Phi) is 4.56. The summed E-state index contributed by atoms with van der Waals surface area (Å²) in [4.78, 5) is 13.1. The van der Waals surface area contributed by atoms with Crippen molar-refractivity contribution >= 4 is 6.09 Å². The third kappa shape index (κ3) is 3.09. The molecule has 1 fully saturated rings. The molecular weight excluding hydrogens is 208 g/mol. The molecule has 1 saturated heterocycles. The third-order valence-corrected chi connectivity index (χ3v) is 3.31. The van der Waals surface area contributed by atoms with Gasteiger partial charge in [0.25, 0.3) is 0 Å². The van der Waals surface area contributed by atoms with E-state index in [2.05, 4.69) is 0 Å². The molecule has 0 aromatic heterocycles. The zero-order chi connectivity index (χ0) is 12.2. The summed E-state index contributed by atoms with van der Waals surface area (Å²) in [6.07, 6.45) is 1.31. The molecule has 0 spiro atoms. The minimum absolute atomic E-state index is 0.170. The van der Waals surface area contributed by atoms with Crippen molar-refractivity contribution in [2.24, 2.45) is 11.7 Å². The van der Waals surface area contributed by atoms with Gasteiger partial charge in [0.15, 0.2) is 0 Å². The van der Waals surface area contributed by atoms with Gasteiger partial charge in [0.2, 0.25) is 0 Å². The van der Waals surface area contributed by atoms with Gasteiger partial charge >= 0.3 is 6.09 Å². The number of aliphatic hydroxyl groups is 1. The van der Waals surface area contributed by atoms with E-state index in [1.807, 2.05) is 0 Å². The number of amides is 1. The maximum absolute atomic E-state index is 11.4. The van der Waals surface area contributed by atoms with Gasteiger partial charge in [-0.25, -0.2) is 4.79 Å². The van der Waals surface area contributed by atoms with Crippen LogP contribution in [0.1, 0.15) is 26.7 Å². The van der Waals surface area contributed by atoms with Gasteiger partial charge in [-0.2, -0.15) is 0 Å². The molecule has 1 heterocycles. The van der Waals surface area contributed by atoms with E-state index >= 15 is 0 Å². The lowest BCUT2D eigenvalue weighted by Gasteiger charge is -2.38. The number of ether oxygens (including phenoxy) is 1. The van der Waals surface area contributed by atoms with E-state index in [0.29, 0.717) is 19.7 Å². The summed E-state index contributed by atoms with van der Waals surface area (Å²) in [5.41, 5.74) is 4.71. The first-order valence-electron chi connectivity index (χ1n) is 5.85. The highest BCUT2D eigenvalue weighted by molar-refractivity contribution is 5.67. The molecule has 0 aromatic rings. The number of piperidine rings is 1. The van der Waals surface area contributed by atoms with Crippen LogP contribution in [0, 0.1) is 5.92 Å². The molecular formula is C11H22N2O3. The molecule has 1 rings (SSSR count). The maximum Gasteiger partial charge on any atom is 0.409 e. The number of rotatable bonds is 3. The lowest BCUT2D eigenvalue weighted by Crippen LogP contribution is -2.48. The highest BCUT2D eigenvalue weighted by Crippen LogP contribution is 2.27. The highest BCUT2D eigenvalue weighted by atomic mass is 16.6. The summed E-state index contributed by atoms with van der Waals surface area (Å²) >= 11 is 0. The molecule has 0 saturated carbocycles. The second-order valence-electron chi connectivity index (χ2n) is 4.52. The molecule has 0 radical (unpaired) electrons. The quantitative estimate of drug-likeness (QED) is 0.743. The number of carbonyl (C=O) groups excluding carboxylic acids is 1. The van der Waals surface area contributed by atoms with Crippen molar-refractivity contribution in [3.8, 4) is 0 Å². The standard InChI is InChI=1S/C11H22N2O3/c1-3-16-10(14)13-6-4-9(5-7-13)11(2,15)8-12/h9,15H,3-8,12H2,1-2H3. The average molecular weight is 230 g/mol. The fraction of sp³-hybridized carbons (Fsp3) is 0.909. The molecule has 3 N–H and O–H groups in total. The topological polar surface area (TPSA) is 75.8 Å². The Labute approximate surface area is 96.6 Å². The van der Waals surface area contributed by atoms with E-state index in [0.717, 1.165) is 12.8 Å². The molecule has 0 aromatic carbocycles. The van der Waals surface area contributed by atoms with Crippen molar-refractivity contribution in [3.63, 3.8) is 0 Å². The number of hydrogen-bond donors (Lipinski definition) is 2. The van der Waals surface area contributed by atoms with Crippen molar-refractivity contribution in [1.29, 1.82) is 0 Å². The van der Waals surface area contributed by atoms with Crippen molar-refractivity contribution in [2.45, 2.75) is 32.3 Å². The molecule has 5 heteroatoms. The van der Waals surface area contributed by atoms with Gasteiger partial charge in [-0.3, -0.25) is 0 Å². The SMILES string of the molecule is CCOC(=O)N1CCC(C(C)(O)CN)CC1. The Balaban J connectivity index is 2.42. The summed E-state index contributed by atoms with van der Waals surface area (Å²) in [7, 11) is 0. The van der Waals surface area contributed by atoms with E-state index in [1.165, 1.54) is 0 Å². The average Bonchev–Trinajstić information content (AvgIpc) is 2.29. The molecule has 94 valence electrons. The van der Waals surface area contributed by atoms with Crippen LogP contribution in [0.2, 0.25) is 0 Å². The molecule has 16 heavy (non-hydrogen) atoms. The van der Waals surface area contributed by atoms with Crippen LogP contribution in [0.4, 0.5) is 4.79 Å². The van der Waals surface area contributed by atoms with Gasteiger partial charge in [-0.15, -0.1) is 0 Å². The van der Waals surface area contributed by atoms with Gasteiger partial charge < -0.3 is 20.5 Å². The van der Waals surface area contributed by atoms with Gasteiger partial charge in [0.05, 0.1) is 12.2 Å². The Morgan fingerprint density at radius 1 is 1.56 bits per heavy atom. The molecule has 1 unspecified atom stereocenters. The third-order valence-electron chi connectivity index (χ3n) is 3.31. The first-order valence-corrected chi connectivity index (χ1v) is 5.85. The molecule has 1 amide bonds. The summed E-state index contributed by atoms with van der Waals surface area (Å²) < 4.78 is 4.93. The van der Waals surface area contributed by atoms with Crippen LogP contribution >= 0.6 is 0 Å². The number of hydrogen-bond acceptors (Lipinski definition) is 4. The number of carbonyl (C=O) groups is 1. The number of nitrogens with zero attached hydrogens (tertiary/aromatic N) is 1. The predicted octanol–water partition coefficient (Wildman–Crippen LogP) is 0.565. The Morgan fingerprint density at radius 3 is 2.56 bits per heavy atom. The molecule has 1 atom stereocenters. The summed E-state index contributed by atoms with van der Waals surface area (Å²) in [6.45, 7) is 5.50. The molecule has 5 nitrogen and oxygen atoms in total. The van der Waals surface area contributed by atoms with Crippen LogP contribution < -0.4 is 5.73 Å². The van der Waals surface area contributed by atoms with E-state index < -0.39 is 5.60 Å². The van der Waals surface area contributed by atoms with Crippen LogP contribution in [0.25, 0.3) is 0 Å². The fourth-order valence-electron chi connectivity index (χ4n) is 2.07. The van der Waals surface area contributed by atoms with E-state index in [4.69, 9.17) is 10.5 Å². The van der Waals surface area contributed by atoms with Gasteiger partial charge in [0.1, 0.15) is 0 Å². The van der Waals surface area contributed by atoms with E-state index in [1.54, 1.807) is 18.7 Å². The monoisotopic (exact) mass is 230 g/mol. The summed E-state index contributed by atoms with van der Waals surface area (Å²) in [5.74, 6) is 0.170. The number of nitrogens with two attached hydrogens (primary N) is 1. The number of likely N-dealkylation sites (tertiary alicyclic amines) is 1. The van der Waals surface area contributed by atoms with Gasteiger partial charge in [0, 0.05) is 19.6 Å². The minimum atomic E-state index is -0.819. The lowest BCUT2D eigenvalue weighted by molar-refractivity contribution is -0.0202. The van der Waals surface area contributed by atoms with Gasteiger partial charge in [-0.1, -0.05) is 0 Å². The summed E-state index contributed by atoms with van der Waals surface area (Å²) in [5, 5.41) is 10.0. The van der Waals surface area contributed by atoms with E-state index in [9.17, 15) is 9.90 Å². The molecule has 0 bridgehead atoms. The predicted molar refractivity (Wildman–Crippen MR) is 61.0 cm³/mol. The van der Waals surface area contributed by atoms with Crippen LogP contribution in [-0.2, 0) is 4.74 Å². The van der Waals surface area contributed by atoms with Crippen LogP contribution in [0.15, 0.2) is 0 Å². The van der Waals surface area contributed by atoms with Crippen molar-refractivity contribution in [3.05, 3.63) is 0 Å². The van der Waals surface area contributed by atoms with Gasteiger partial charge in [-0.05, 0) is 32.6 Å². The highest BCUT2D eigenvalue weighted by Gasteiger charge is 2.34. The van der Waals surface area contributed by atoms with E-state index in [-0.39, 0.29) is 18.6 Å². The molecule has 1 aliphatic heterocycles. The maximum atomic E-state index is 11.4. The van der Waals surface area contributed by atoms with Crippen LogP contribution in [-0.4, -0.2) is 47.9 Å². The molecule has 1 aliphatic rings. The van der Waals surface area contributed by atoms with Crippen molar-refractivity contribution in [2.75, 3.05) is 26.2 Å². The molecule has 0 aliphatic carbocycles. The first-order chi connectivity index (χ1) is 7.51. The largest absolute Gasteiger partial charge is 0.450 e. The lowest BCUT2D eigenvalue weighted by atomic mass is 9.82. The zero-order valence-corrected chi connectivity index (χ0v) is 10.1. The second kappa shape index (κ2) is 5.50. The smallest absolute Gasteiger partial charge is 0.409 e. The normalized spacial score (nSPS) is 21.6. The van der Waals surface area contributed by atoms with Crippen molar-refractivity contribution in [1.82, 2.24) is 4.90 Å². The van der Waals surface area contributed by atoms with Crippen LogP contribution in [0.3, 0.4) is 0 Å². The Hall–Kier alpha value is -0.810. The zero-order valence-electron chi connectivity index (χ0n) is 10.1. The van der Waals surface area contributed by atoms with Crippen LogP contribution in [0.5, 0.6) is 0 Å². The Morgan fingerprint density at radius 2 is 2.12 bits per heavy atom. The minimum Gasteiger partial charge on any atom is -0.450 e. The van der Waals surface area contributed by atoms with Crippen molar-refractivity contribution < 1.29 is 14.6 Å². The first kappa shape index (κ1) is 13.3. The Bertz CT molecular complexity index is 235. The fourth-order valence-corrected chi connectivity index (χ4v) is 2.07.